The first-order valence-electron chi connectivity index (χ1n) is 9.54. The highest BCUT2D eigenvalue weighted by Crippen LogP contribution is 2.37. The van der Waals surface area contributed by atoms with E-state index in [1.807, 2.05) is 31.2 Å². The summed E-state index contributed by atoms with van der Waals surface area (Å²) in [5, 5.41) is 9.24. The normalized spacial score (nSPS) is 15.9. The van der Waals surface area contributed by atoms with Crippen molar-refractivity contribution in [3.05, 3.63) is 46.1 Å². The molecular formula is C20H25ClN4O2S. The summed E-state index contributed by atoms with van der Waals surface area (Å²) >= 11 is 7.70. The second-order valence-corrected chi connectivity index (χ2v) is 8.05. The van der Waals surface area contributed by atoms with Gasteiger partial charge in [-0.3, -0.25) is 0 Å². The third-order valence-electron chi connectivity index (χ3n) is 4.49. The number of esters is 1. The van der Waals surface area contributed by atoms with E-state index in [2.05, 4.69) is 22.3 Å². The predicted molar refractivity (Wildman–Crippen MR) is 113 cm³/mol. The number of allylic oxidation sites excluding steroid dienone is 1. The van der Waals surface area contributed by atoms with Crippen LogP contribution < -0.4 is 5.32 Å². The monoisotopic (exact) mass is 420 g/mol. The van der Waals surface area contributed by atoms with Gasteiger partial charge in [-0.2, -0.15) is 4.98 Å². The largest absolute Gasteiger partial charge is 0.463 e. The van der Waals surface area contributed by atoms with Gasteiger partial charge in [0.05, 0.1) is 12.2 Å². The van der Waals surface area contributed by atoms with E-state index in [-0.39, 0.29) is 5.97 Å². The van der Waals surface area contributed by atoms with Gasteiger partial charge in [0.25, 0.3) is 0 Å². The lowest BCUT2D eigenvalue weighted by atomic mass is 9.96. The van der Waals surface area contributed by atoms with Crippen molar-refractivity contribution in [3.63, 3.8) is 0 Å². The Morgan fingerprint density at radius 3 is 2.71 bits per heavy atom. The Morgan fingerprint density at radius 2 is 2.04 bits per heavy atom. The number of aromatic nitrogens is 3. The molecule has 2 aromatic rings. The van der Waals surface area contributed by atoms with Crippen molar-refractivity contribution in [2.24, 2.45) is 0 Å². The molecule has 0 radical (unpaired) electrons. The Labute approximate surface area is 174 Å². The minimum Gasteiger partial charge on any atom is -0.463 e. The molecule has 1 aliphatic heterocycles. The van der Waals surface area contributed by atoms with Gasteiger partial charge in [-0.05, 0) is 38.0 Å². The number of hydrogen-bond donors (Lipinski definition) is 1. The molecule has 0 spiro atoms. The number of thioether (sulfide) groups is 1. The maximum Gasteiger partial charge on any atom is 0.338 e. The van der Waals surface area contributed by atoms with E-state index >= 15 is 0 Å². The summed E-state index contributed by atoms with van der Waals surface area (Å²) in [6, 6.07) is 7.03. The maximum absolute atomic E-state index is 12.7. The molecule has 28 heavy (non-hydrogen) atoms. The second kappa shape index (κ2) is 9.47. The van der Waals surface area contributed by atoms with Gasteiger partial charge in [-0.25, -0.2) is 9.48 Å². The van der Waals surface area contributed by atoms with Crippen molar-refractivity contribution in [1.29, 1.82) is 0 Å². The van der Waals surface area contributed by atoms with Crippen molar-refractivity contribution in [2.45, 2.75) is 51.2 Å². The lowest BCUT2D eigenvalue weighted by Crippen LogP contribution is -2.29. The molecule has 1 N–H and O–H groups in total. The SMILES string of the molecule is CCCCCSc1nc2n(n1)C(c1ccc(Cl)cc1)C(C(=O)OCC)=C(C)N2. The fourth-order valence-corrected chi connectivity index (χ4v) is 4.09. The number of hydrogen-bond acceptors (Lipinski definition) is 6. The molecule has 1 atom stereocenters. The van der Waals surface area contributed by atoms with Gasteiger partial charge in [0.15, 0.2) is 0 Å². The van der Waals surface area contributed by atoms with Crippen LogP contribution in [0.5, 0.6) is 0 Å². The standard InChI is InChI=1S/C20H25ClN4O2S/c1-4-6-7-12-28-20-23-19-22-13(3)16(18(26)27-5-2)17(25(19)24-20)14-8-10-15(21)11-9-14/h8-11,17H,4-7,12H2,1-3H3,(H,22,23,24). The van der Waals surface area contributed by atoms with Crippen LogP contribution in [0.3, 0.4) is 0 Å². The highest BCUT2D eigenvalue weighted by Gasteiger charge is 2.35. The molecule has 0 amide bonds. The zero-order valence-electron chi connectivity index (χ0n) is 16.4. The Hall–Kier alpha value is -1.99. The Balaban J connectivity index is 1.97. The number of unbranched alkanes of at least 4 members (excludes halogenated alkanes) is 2. The Morgan fingerprint density at radius 1 is 1.29 bits per heavy atom. The first-order chi connectivity index (χ1) is 13.5. The summed E-state index contributed by atoms with van der Waals surface area (Å²) in [6.07, 6.45) is 3.50. The number of halogens is 1. The average molecular weight is 421 g/mol. The number of rotatable bonds is 8. The van der Waals surface area contributed by atoms with Crippen molar-refractivity contribution in [2.75, 3.05) is 17.7 Å². The number of anilines is 1. The number of benzene rings is 1. The summed E-state index contributed by atoms with van der Waals surface area (Å²) in [7, 11) is 0. The van der Waals surface area contributed by atoms with Gasteiger partial charge >= 0.3 is 5.97 Å². The van der Waals surface area contributed by atoms with Crippen LogP contribution in [0.4, 0.5) is 5.95 Å². The number of ether oxygens (including phenoxy) is 1. The molecule has 3 rings (SSSR count). The quantitative estimate of drug-likeness (QED) is 0.365. The number of nitrogens with zero attached hydrogens (tertiary/aromatic N) is 3. The van der Waals surface area contributed by atoms with E-state index in [9.17, 15) is 4.79 Å². The number of carbonyl (C=O) groups excluding carboxylic acids is 1. The predicted octanol–water partition coefficient (Wildman–Crippen LogP) is 5.07. The molecule has 1 aliphatic rings. The van der Waals surface area contributed by atoms with Crippen LogP contribution in [-0.4, -0.2) is 33.1 Å². The van der Waals surface area contributed by atoms with Crippen LogP contribution in [-0.2, 0) is 9.53 Å². The first kappa shape index (κ1) is 20.7. The topological polar surface area (TPSA) is 69.0 Å². The van der Waals surface area contributed by atoms with Crippen molar-refractivity contribution >= 4 is 35.3 Å². The zero-order chi connectivity index (χ0) is 20.1. The molecule has 1 aromatic heterocycles. The summed E-state index contributed by atoms with van der Waals surface area (Å²) in [4.78, 5) is 17.3. The van der Waals surface area contributed by atoms with Crippen molar-refractivity contribution in [3.8, 4) is 0 Å². The van der Waals surface area contributed by atoms with Crippen LogP contribution in [0.15, 0.2) is 40.7 Å². The van der Waals surface area contributed by atoms with E-state index in [0.29, 0.717) is 28.3 Å². The molecule has 2 heterocycles. The third-order valence-corrected chi connectivity index (χ3v) is 5.67. The van der Waals surface area contributed by atoms with E-state index in [1.165, 1.54) is 12.8 Å². The fraction of sp³-hybridized carbons (Fsp3) is 0.450. The molecule has 0 fully saturated rings. The van der Waals surface area contributed by atoms with Gasteiger partial charge in [0, 0.05) is 16.5 Å². The first-order valence-corrected chi connectivity index (χ1v) is 10.9. The summed E-state index contributed by atoms with van der Waals surface area (Å²) in [5.74, 6) is 1.24. The Kier molecular flexibility index (Phi) is 7.02. The minimum atomic E-state index is -0.412. The lowest BCUT2D eigenvalue weighted by Gasteiger charge is -2.28. The molecule has 1 unspecified atom stereocenters. The molecular weight excluding hydrogens is 396 g/mol. The van der Waals surface area contributed by atoms with Crippen LogP contribution in [0.25, 0.3) is 0 Å². The van der Waals surface area contributed by atoms with Gasteiger partial charge in [0.1, 0.15) is 6.04 Å². The molecule has 150 valence electrons. The highest BCUT2D eigenvalue weighted by molar-refractivity contribution is 7.99. The molecule has 1 aromatic carbocycles. The molecule has 0 saturated heterocycles. The number of nitrogens with one attached hydrogen (secondary N) is 1. The number of fused-ring (bicyclic) bond motifs is 1. The van der Waals surface area contributed by atoms with Crippen LogP contribution in [0.1, 0.15) is 51.6 Å². The van der Waals surface area contributed by atoms with E-state index in [4.69, 9.17) is 16.3 Å². The highest BCUT2D eigenvalue weighted by atomic mass is 35.5. The molecule has 0 bridgehead atoms. The molecule has 0 aliphatic carbocycles. The lowest BCUT2D eigenvalue weighted by molar-refractivity contribution is -0.139. The molecule has 6 nitrogen and oxygen atoms in total. The summed E-state index contributed by atoms with van der Waals surface area (Å²) in [6.45, 7) is 6.16. The van der Waals surface area contributed by atoms with E-state index in [1.54, 1.807) is 23.4 Å². The zero-order valence-corrected chi connectivity index (χ0v) is 17.9. The minimum absolute atomic E-state index is 0.311. The second-order valence-electron chi connectivity index (χ2n) is 6.56. The van der Waals surface area contributed by atoms with Crippen molar-refractivity contribution < 1.29 is 9.53 Å². The van der Waals surface area contributed by atoms with E-state index in [0.717, 1.165) is 23.4 Å². The van der Waals surface area contributed by atoms with Gasteiger partial charge in [-0.15, -0.1) is 5.10 Å². The summed E-state index contributed by atoms with van der Waals surface area (Å²) in [5.41, 5.74) is 2.16. The van der Waals surface area contributed by atoms with Crippen LogP contribution in [0, 0.1) is 0 Å². The third kappa shape index (κ3) is 4.52. The maximum atomic E-state index is 12.7. The van der Waals surface area contributed by atoms with Crippen LogP contribution in [0.2, 0.25) is 5.02 Å². The Bertz CT molecular complexity index is 864. The summed E-state index contributed by atoms with van der Waals surface area (Å²) < 4.78 is 7.08. The van der Waals surface area contributed by atoms with Gasteiger partial charge < -0.3 is 10.1 Å². The van der Waals surface area contributed by atoms with Gasteiger partial charge in [0.2, 0.25) is 11.1 Å². The molecule has 0 saturated carbocycles. The van der Waals surface area contributed by atoms with Crippen molar-refractivity contribution in [1.82, 2.24) is 14.8 Å². The van der Waals surface area contributed by atoms with Crippen LogP contribution >= 0.6 is 23.4 Å². The fourth-order valence-electron chi connectivity index (χ4n) is 3.13. The smallest absolute Gasteiger partial charge is 0.338 e. The average Bonchev–Trinajstić information content (AvgIpc) is 3.07. The van der Waals surface area contributed by atoms with Gasteiger partial charge in [-0.1, -0.05) is 55.3 Å². The molecule has 8 heteroatoms. The number of carbonyl (C=O) groups is 1. The van der Waals surface area contributed by atoms with E-state index < -0.39 is 6.04 Å².